The van der Waals surface area contributed by atoms with E-state index in [2.05, 4.69) is 19.6 Å². The van der Waals surface area contributed by atoms with Crippen molar-refractivity contribution in [3.63, 3.8) is 0 Å². The Bertz CT molecular complexity index is 625. The molecule has 0 aromatic carbocycles. The molecular weight excluding hydrogens is 324 g/mol. The lowest BCUT2D eigenvalue weighted by atomic mass is 10.1. The Hall–Kier alpha value is -1.21. The maximum absolute atomic E-state index is 12.0. The summed E-state index contributed by atoms with van der Waals surface area (Å²) in [7, 11) is -3.25. The van der Waals surface area contributed by atoms with Gasteiger partial charge in [0, 0.05) is 36.6 Å². The molecule has 1 fully saturated rings. The molecule has 0 unspecified atom stereocenters. The second-order valence-corrected chi connectivity index (χ2v) is 8.50. The Kier molecular flexibility index (Phi) is 6.98. The summed E-state index contributed by atoms with van der Waals surface area (Å²) >= 11 is 0. The smallest absolute Gasteiger partial charge is 0.225 e. The summed E-state index contributed by atoms with van der Waals surface area (Å²) in [5, 5.41) is 0. The lowest BCUT2D eigenvalue weighted by Crippen LogP contribution is -2.31. The molecule has 6 nitrogen and oxygen atoms in total. The molecule has 0 bridgehead atoms. The van der Waals surface area contributed by atoms with Crippen molar-refractivity contribution in [3.05, 3.63) is 17.5 Å². The van der Waals surface area contributed by atoms with Crippen LogP contribution >= 0.6 is 0 Å². The van der Waals surface area contributed by atoms with Crippen LogP contribution in [0.25, 0.3) is 0 Å². The van der Waals surface area contributed by atoms with Crippen LogP contribution in [0, 0.1) is 6.92 Å². The van der Waals surface area contributed by atoms with Crippen molar-refractivity contribution in [2.75, 3.05) is 23.7 Å². The van der Waals surface area contributed by atoms with Gasteiger partial charge in [-0.15, -0.1) is 0 Å². The molecule has 1 N–H and O–H groups in total. The molecule has 0 radical (unpaired) electrons. The number of rotatable bonds is 6. The number of aromatic nitrogens is 2. The highest BCUT2D eigenvalue weighted by atomic mass is 32.2. The second-order valence-electron chi connectivity index (χ2n) is 6.62. The highest BCUT2D eigenvalue weighted by Crippen LogP contribution is 2.20. The molecule has 1 aliphatic heterocycles. The number of aryl methyl sites for hydroxylation is 1. The van der Waals surface area contributed by atoms with E-state index in [1.165, 1.54) is 32.1 Å². The predicted molar refractivity (Wildman–Crippen MR) is 97.7 cm³/mol. The minimum absolute atomic E-state index is 0.142. The Labute approximate surface area is 146 Å². The number of nitrogens with one attached hydrogen (secondary N) is 1. The van der Waals surface area contributed by atoms with Gasteiger partial charge < -0.3 is 4.90 Å². The van der Waals surface area contributed by atoms with E-state index in [1.54, 1.807) is 6.20 Å². The van der Waals surface area contributed by atoms with Gasteiger partial charge in [0.2, 0.25) is 16.0 Å². The van der Waals surface area contributed by atoms with Gasteiger partial charge in [0.1, 0.15) is 0 Å². The molecule has 1 aromatic heterocycles. The molecule has 2 heterocycles. The van der Waals surface area contributed by atoms with Gasteiger partial charge in [-0.2, -0.15) is 0 Å². The van der Waals surface area contributed by atoms with Crippen LogP contribution in [0.1, 0.15) is 69.7 Å². The fourth-order valence-corrected chi connectivity index (χ4v) is 4.47. The molecule has 0 amide bonds. The van der Waals surface area contributed by atoms with Gasteiger partial charge in [0.15, 0.2) is 0 Å². The fraction of sp³-hybridized carbons (Fsp3) is 0.765. The van der Waals surface area contributed by atoms with Gasteiger partial charge in [-0.25, -0.2) is 23.1 Å². The van der Waals surface area contributed by atoms with Gasteiger partial charge in [-0.3, -0.25) is 0 Å². The van der Waals surface area contributed by atoms with E-state index in [1.807, 2.05) is 20.8 Å². The van der Waals surface area contributed by atoms with E-state index in [0.717, 1.165) is 30.3 Å². The van der Waals surface area contributed by atoms with Crippen molar-refractivity contribution in [2.24, 2.45) is 0 Å². The summed E-state index contributed by atoms with van der Waals surface area (Å²) in [4.78, 5) is 11.4. The van der Waals surface area contributed by atoms with E-state index in [-0.39, 0.29) is 11.8 Å². The second kappa shape index (κ2) is 8.76. The summed E-state index contributed by atoms with van der Waals surface area (Å²) in [6.07, 6.45) is 8.59. The van der Waals surface area contributed by atoms with Crippen molar-refractivity contribution in [1.29, 1.82) is 0 Å². The Balaban J connectivity index is 2.10. The van der Waals surface area contributed by atoms with Crippen LogP contribution in [-0.2, 0) is 10.0 Å². The van der Waals surface area contributed by atoms with Crippen molar-refractivity contribution in [2.45, 2.75) is 65.3 Å². The summed E-state index contributed by atoms with van der Waals surface area (Å²) < 4.78 is 26.6. The van der Waals surface area contributed by atoms with E-state index in [9.17, 15) is 8.42 Å². The molecule has 1 aliphatic rings. The zero-order chi connectivity index (χ0) is 17.6. The van der Waals surface area contributed by atoms with Gasteiger partial charge in [-0.05, 0) is 33.1 Å². The highest BCUT2D eigenvalue weighted by Gasteiger charge is 2.19. The molecular formula is C17H30N4O2S. The number of hydrogen-bond donors (Lipinski definition) is 1. The zero-order valence-corrected chi connectivity index (χ0v) is 15.9. The molecule has 0 spiro atoms. The van der Waals surface area contributed by atoms with Crippen LogP contribution in [0.4, 0.5) is 5.95 Å². The predicted octanol–water partition coefficient (Wildman–Crippen LogP) is 2.95. The number of hydrogen-bond acceptors (Lipinski definition) is 5. The first-order valence-corrected chi connectivity index (χ1v) is 10.7. The summed E-state index contributed by atoms with van der Waals surface area (Å²) in [5.41, 5.74) is 1.68. The SMILES string of the molecule is CCCS(=O)(=O)N[C@@H](C)c1cnc(N2CCCCCCC2)nc1C. The van der Waals surface area contributed by atoms with Crippen molar-refractivity contribution >= 4 is 16.0 Å². The molecule has 0 aliphatic carbocycles. The van der Waals surface area contributed by atoms with Crippen LogP contribution < -0.4 is 9.62 Å². The third kappa shape index (κ3) is 5.41. The van der Waals surface area contributed by atoms with Crippen LogP contribution in [0.2, 0.25) is 0 Å². The average Bonchev–Trinajstić information content (AvgIpc) is 2.45. The molecule has 2 rings (SSSR count). The highest BCUT2D eigenvalue weighted by molar-refractivity contribution is 7.89. The van der Waals surface area contributed by atoms with E-state index >= 15 is 0 Å². The van der Waals surface area contributed by atoms with Crippen LogP contribution in [-0.4, -0.2) is 37.2 Å². The quantitative estimate of drug-likeness (QED) is 0.850. The molecule has 7 heteroatoms. The minimum Gasteiger partial charge on any atom is -0.341 e. The monoisotopic (exact) mass is 354 g/mol. The zero-order valence-electron chi connectivity index (χ0n) is 15.1. The minimum atomic E-state index is -3.25. The third-order valence-corrected chi connectivity index (χ3v) is 6.10. The molecule has 1 saturated heterocycles. The standard InChI is InChI=1S/C17H30N4O2S/c1-4-12-24(22,23)20-15(3)16-13-18-17(19-14(16)2)21-10-8-6-5-7-9-11-21/h13,15,20H,4-12H2,1-3H3/t15-/m0/s1. The topological polar surface area (TPSA) is 75.2 Å². The van der Waals surface area contributed by atoms with E-state index in [4.69, 9.17) is 0 Å². The van der Waals surface area contributed by atoms with Crippen molar-refractivity contribution in [1.82, 2.24) is 14.7 Å². The molecule has 1 atom stereocenters. The largest absolute Gasteiger partial charge is 0.341 e. The van der Waals surface area contributed by atoms with Crippen LogP contribution in [0.5, 0.6) is 0 Å². The molecule has 24 heavy (non-hydrogen) atoms. The average molecular weight is 355 g/mol. The summed E-state index contributed by atoms with van der Waals surface area (Å²) in [6.45, 7) is 7.62. The first-order chi connectivity index (χ1) is 11.4. The molecule has 0 saturated carbocycles. The number of sulfonamides is 1. The van der Waals surface area contributed by atoms with Crippen LogP contribution in [0.3, 0.4) is 0 Å². The van der Waals surface area contributed by atoms with Crippen molar-refractivity contribution in [3.8, 4) is 0 Å². The normalized spacial score (nSPS) is 18.0. The van der Waals surface area contributed by atoms with Gasteiger partial charge in [0.25, 0.3) is 0 Å². The lowest BCUT2D eigenvalue weighted by molar-refractivity contribution is 0.548. The maximum Gasteiger partial charge on any atom is 0.225 e. The fourth-order valence-electron chi connectivity index (χ4n) is 3.15. The maximum atomic E-state index is 12.0. The summed E-state index contributed by atoms with van der Waals surface area (Å²) in [6, 6.07) is -0.317. The Morgan fingerprint density at radius 3 is 2.42 bits per heavy atom. The van der Waals surface area contributed by atoms with E-state index in [0.29, 0.717) is 6.42 Å². The summed E-state index contributed by atoms with van der Waals surface area (Å²) in [5.74, 6) is 0.907. The lowest BCUT2D eigenvalue weighted by Gasteiger charge is -2.25. The number of nitrogens with zero attached hydrogens (tertiary/aromatic N) is 3. The number of anilines is 1. The van der Waals surface area contributed by atoms with Gasteiger partial charge in [0.05, 0.1) is 5.75 Å². The Morgan fingerprint density at radius 2 is 1.83 bits per heavy atom. The van der Waals surface area contributed by atoms with Gasteiger partial charge in [-0.1, -0.05) is 26.2 Å². The first kappa shape index (κ1) is 19.1. The van der Waals surface area contributed by atoms with Crippen molar-refractivity contribution < 1.29 is 8.42 Å². The molecule has 1 aromatic rings. The third-order valence-electron chi connectivity index (χ3n) is 4.44. The van der Waals surface area contributed by atoms with E-state index < -0.39 is 10.0 Å². The molecule has 136 valence electrons. The first-order valence-electron chi connectivity index (χ1n) is 9.01. The Morgan fingerprint density at radius 1 is 1.21 bits per heavy atom. The van der Waals surface area contributed by atoms with Gasteiger partial charge >= 0.3 is 0 Å². The van der Waals surface area contributed by atoms with Crippen LogP contribution in [0.15, 0.2) is 6.20 Å².